The number of hydrogen-bond donors (Lipinski definition) is 1. The van der Waals surface area contributed by atoms with Gasteiger partial charge in [0.05, 0.1) is 13.5 Å². The quantitative estimate of drug-likeness (QED) is 0.819. The second-order valence-electron chi connectivity index (χ2n) is 6.74. The smallest absolute Gasteiger partial charge is 0.305 e. The molecule has 1 saturated heterocycles. The molecular formula is C19H25NO5. The lowest BCUT2D eigenvalue weighted by Gasteiger charge is -2.34. The van der Waals surface area contributed by atoms with E-state index in [0.29, 0.717) is 13.2 Å². The van der Waals surface area contributed by atoms with Gasteiger partial charge in [0.1, 0.15) is 5.75 Å². The van der Waals surface area contributed by atoms with E-state index in [9.17, 15) is 9.59 Å². The van der Waals surface area contributed by atoms with Gasteiger partial charge in [-0.25, -0.2) is 0 Å². The third-order valence-electron chi connectivity index (χ3n) is 5.11. The Hall–Kier alpha value is -2.08. The largest absolute Gasteiger partial charge is 0.497 e. The van der Waals surface area contributed by atoms with Gasteiger partial charge in [-0.2, -0.15) is 0 Å². The second kappa shape index (κ2) is 7.87. The van der Waals surface area contributed by atoms with Gasteiger partial charge in [-0.05, 0) is 42.9 Å². The van der Waals surface area contributed by atoms with E-state index in [4.69, 9.17) is 14.6 Å². The molecule has 1 N–H and O–H groups in total. The lowest BCUT2D eigenvalue weighted by molar-refractivity contribution is -0.141. The molecule has 2 aliphatic rings. The Morgan fingerprint density at radius 1 is 1.32 bits per heavy atom. The number of carboxylic acids is 1. The van der Waals surface area contributed by atoms with Crippen molar-refractivity contribution >= 4 is 11.9 Å². The third kappa shape index (κ3) is 4.31. The zero-order valence-corrected chi connectivity index (χ0v) is 14.5. The summed E-state index contributed by atoms with van der Waals surface area (Å²) in [6.07, 6.45) is 2.36. The van der Waals surface area contributed by atoms with Gasteiger partial charge in [0.15, 0.2) is 0 Å². The molecule has 25 heavy (non-hydrogen) atoms. The summed E-state index contributed by atoms with van der Waals surface area (Å²) < 4.78 is 10.6. The van der Waals surface area contributed by atoms with Crippen LogP contribution in [-0.2, 0) is 14.3 Å². The summed E-state index contributed by atoms with van der Waals surface area (Å²) in [5.41, 5.74) is 1.11. The first-order chi connectivity index (χ1) is 12.1. The molecule has 6 nitrogen and oxygen atoms in total. The van der Waals surface area contributed by atoms with Crippen molar-refractivity contribution in [2.24, 2.45) is 5.92 Å². The molecule has 136 valence electrons. The SMILES string of the molecule is COc1cccc([C@H]2C[C@@H]2C(=O)N(CCC(=O)O)C2CCOCC2)c1. The molecule has 1 saturated carbocycles. The number of aliphatic carboxylic acids is 1. The van der Waals surface area contributed by atoms with Gasteiger partial charge < -0.3 is 19.5 Å². The van der Waals surface area contributed by atoms with Crippen LogP contribution in [0.2, 0.25) is 0 Å². The summed E-state index contributed by atoms with van der Waals surface area (Å²) in [4.78, 5) is 25.8. The number of carbonyl (C=O) groups is 2. The fourth-order valence-electron chi connectivity index (χ4n) is 3.61. The fourth-order valence-corrected chi connectivity index (χ4v) is 3.61. The summed E-state index contributed by atoms with van der Waals surface area (Å²) in [6.45, 7) is 1.54. The van der Waals surface area contributed by atoms with Crippen molar-refractivity contribution in [3.63, 3.8) is 0 Å². The van der Waals surface area contributed by atoms with Gasteiger partial charge in [0.25, 0.3) is 0 Å². The molecule has 6 heteroatoms. The average Bonchev–Trinajstić information content (AvgIpc) is 3.43. The van der Waals surface area contributed by atoms with Crippen molar-refractivity contribution in [1.82, 2.24) is 4.90 Å². The van der Waals surface area contributed by atoms with Gasteiger partial charge in [-0.1, -0.05) is 12.1 Å². The van der Waals surface area contributed by atoms with E-state index in [1.807, 2.05) is 24.3 Å². The van der Waals surface area contributed by atoms with Crippen LogP contribution in [0.3, 0.4) is 0 Å². The molecule has 1 aromatic carbocycles. The monoisotopic (exact) mass is 347 g/mol. The number of amides is 1. The van der Waals surface area contributed by atoms with E-state index in [1.165, 1.54) is 0 Å². The molecule has 1 amide bonds. The molecule has 1 aromatic rings. The van der Waals surface area contributed by atoms with E-state index in [2.05, 4.69) is 0 Å². The first kappa shape index (κ1) is 17.7. The van der Waals surface area contributed by atoms with E-state index in [0.717, 1.165) is 30.6 Å². The van der Waals surface area contributed by atoms with E-state index < -0.39 is 5.97 Å². The molecule has 1 aliphatic heterocycles. The Kier molecular flexibility index (Phi) is 5.58. The van der Waals surface area contributed by atoms with Gasteiger partial charge in [0.2, 0.25) is 5.91 Å². The number of ether oxygens (including phenoxy) is 2. The Morgan fingerprint density at radius 2 is 2.08 bits per heavy atom. The van der Waals surface area contributed by atoms with E-state index in [-0.39, 0.29) is 36.8 Å². The highest BCUT2D eigenvalue weighted by Gasteiger charge is 2.47. The van der Waals surface area contributed by atoms with Crippen LogP contribution in [0, 0.1) is 5.92 Å². The highest BCUT2D eigenvalue weighted by molar-refractivity contribution is 5.83. The molecule has 1 heterocycles. The maximum absolute atomic E-state index is 13.0. The molecule has 0 aromatic heterocycles. The van der Waals surface area contributed by atoms with Crippen LogP contribution in [-0.4, -0.2) is 54.8 Å². The number of nitrogens with zero attached hydrogens (tertiary/aromatic N) is 1. The Labute approximate surface area is 147 Å². The predicted octanol–water partition coefficient (Wildman–Crippen LogP) is 2.28. The van der Waals surface area contributed by atoms with Crippen LogP contribution in [0.25, 0.3) is 0 Å². The molecule has 0 unspecified atom stereocenters. The van der Waals surface area contributed by atoms with Crippen molar-refractivity contribution in [3.05, 3.63) is 29.8 Å². The van der Waals surface area contributed by atoms with Crippen molar-refractivity contribution in [3.8, 4) is 5.75 Å². The third-order valence-corrected chi connectivity index (χ3v) is 5.11. The van der Waals surface area contributed by atoms with E-state index >= 15 is 0 Å². The highest BCUT2D eigenvalue weighted by Crippen LogP contribution is 2.49. The number of hydrogen-bond acceptors (Lipinski definition) is 4. The molecule has 0 bridgehead atoms. The Bertz CT molecular complexity index is 626. The first-order valence-electron chi connectivity index (χ1n) is 8.84. The van der Waals surface area contributed by atoms with Crippen LogP contribution in [0.15, 0.2) is 24.3 Å². The summed E-state index contributed by atoms with van der Waals surface area (Å²) in [7, 11) is 1.63. The van der Waals surface area contributed by atoms with Crippen LogP contribution >= 0.6 is 0 Å². The van der Waals surface area contributed by atoms with Crippen molar-refractivity contribution < 1.29 is 24.2 Å². The van der Waals surface area contributed by atoms with E-state index in [1.54, 1.807) is 12.0 Å². The molecular weight excluding hydrogens is 322 g/mol. The van der Waals surface area contributed by atoms with Crippen molar-refractivity contribution in [2.45, 2.75) is 37.6 Å². The standard InChI is InChI=1S/C19H25NO5/c1-24-15-4-2-3-13(11-15)16-12-17(16)19(23)20(8-5-18(21)22)14-6-9-25-10-7-14/h2-4,11,14,16-17H,5-10,12H2,1H3,(H,21,22)/t16-,17+/m1/s1. The fraction of sp³-hybridized carbons (Fsp3) is 0.579. The summed E-state index contributed by atoms with van der Waals surface area (Å²) >= 11 is 0. The normalized spacial score (nSPS) is 23.1. The van der Waals surface area contributed by atoms with Gasteiger partial charge in [-0.15, -0.1) is 0 Å². The van der Waals surface area contributed by atoms with Crippen molar-refractivity contribution in [2.75, 3.05) is 26.9 Å². The molecule has 0 radical (unpaired) electrons. The van der Waals surface area contributed by atoms with Crippen LogP contribution in [0.1, 0.15) is 37.2 Å². The molecule has 3 rings (SSSR count). The molecule has 2 atom stereocenters. The van der Waals surface area contributed by atoms with Crippen LogP contribution in [0.5, 0.6) is 5.75 Å². The zero-order valence-electron chi connectivity index (χ0n) is 14.5. The number of methoxy groups -OCH3 is 1. The summed E-state index contributed by atoms with van der Waals surface area (Å²) in [6, 6.07) is 7.93. The number of carboxylic acid groups (broad SMARTS) is 1. The summed E-state index contributed by atoms with van der Waals surface area (Å²) in [5.74, 6) is 0.159. The maximum atomic E-state index is 13.0. The topological polar surface area (TPSA) is 76.1 Å². The van der Waals surface area contributed by atoms with Gasteiger partial charge in [0, 0.05) is 31.7 Å². The highest BCUT2D eigenvalue weighted by atomic mass is 16.5. The molecule has 2 fully saturated rings. The number of benzene rings is 1. The lowest BCUT2D eigenvalue weighted by Crippen LogP contribution is -2.45. The molecule has 1 aliphatic carbocycles. The first-order valence-corrected chi connectivity index (χ1v) is 8.84. The number of carbonyl (C=O) groups excluding carboxylic acids is 1. The maximum Gasteiger partial charge on any atom is 0.305 e. The second-order valence-corrected chi connectivity index (χ2v) is 6.74. The molecule has 0 spiro atoms. The van der Waals surface area contributed by atoms with Crippen LogP contribution in [0.4, 0.5) is 0 Å². The predicted molar refractivity (Wildman–Crippen MR) is 91.6 cm³/mol. The average molecular weight is 347 g/mol. The van der Waals surface area contributed by atoms with Gasteiger partial charge >= 0.3 is 5.97 Å². The number of rotatable bonds is 7. The lowest BCUT2D eigenvalue weighted by atomic mass is 10.0. The minimum atomic E-state index is -0.870. The van der Waals surface area contributed by atoms with Crippen molar-refractivity contribution in [1.29, 1.82) is 0 Å². The summed E-state index contributed by atoms with van der Waals surface area (Å²) in [5, 5.41) is 9.01. The Morgan fingerprint density at radius 3 is 2.76 bits per heavy atom. The van der Waals surface area contributed by atoms with Crippen LogP contribution < -0.4 is 4.74 Å². The van der Waals surface area contributed by atoms with Gasteiger partial charge in [-0.3, -0.25) is 9.59 Å². The zero-order chi connectivity index (χ0) is 17.8. The minimum Gasteiger partial charge on any atom is -0.497 e. The minimum absolute atomic E-state index is 0.0142. The Balaban J connectivity index is 1.68.